The van der Waals surface area contributed by atoms with E-state index >= 15 is 0 Å². The Kier molecular flexibility index (Phi) is 5.85. The summed E-state index contributed by atoms with van der Waals surface area (Å²) in [6, 6.07) is -1.09. The van der Waals surface area contributed by atoms with Crippen LogP contribution in [-0.4, -0.2) is 45.0 Å². The third-order valence-electron chi connectivity index (χ3n) is 2.64. The third-order valence-corrected chi connectivity index (χ3v) is 2.64. The highest BCUT2D eigenvalue weighted by atomic mass is 16.4. The smallest absolute Gasteiger partial charge is 0.326 e. The van der Waals surface area contributed by atoms with Crippen molar-refractivity contribution in [3.05, 3.63) is 18.2 Å². The lowest BCUT2D eigenvalue weighted by atomic mass is 10.1. The number of carboxylic acids is 1. The van der Waals surface area contributed by atoms with Gasteiger partial charge in [-0.25, -0.2) is 9.78 Å². The number of imidazole rings is 1. The molecule has 20 heavy (non-hydrogen) atoms. The van der Waals surface area contributed by atoms with Crippen molar-refractivity contribution in [3.63, 3.8) is 0 Å². The molecule has 0 aliphatic heterocycles. The van der Waals surface area contributed by atoms with E-state index in [1.807, 2.05) is 0 Å². The number of carbonyl (C=O) groups excluding carboxylic acids is 2. The first-order valence-electron chi connectivity index (χ1n) is 6.26. The van der Waals surface area contributed by atoms with Gasteiger partial charge in [0.15, 0.2) is 0 Å². The van der Waals surface area contributed by atoms with E-state index in [9.17, 15) is 14.4 Å². The van der Waals surface area contributed by atoms with Crippen LogP contribution in [0.2, 0.25) is 0 Å². The number of nitrogens with zero attached hydrogens (tertiary/aromatic N) is 2. The molecule has 0 fully saturated rings. The van der Waals surface area contributed by atoms with Gasteiger partial charge in [-0.2, -0.15) is 0 Å². The SMILES string of the molecule is CCC(=O)n1cnc(C[C@H](NC(=O)CCN)C(=O)O)c1. The van der Waals surface area contributed by atoms with Gasteiger partial charge in [0.1, 0.15) is 12.4 Å². The minimum absolute atomic E-state index is 0.00956. The van der Waals surface area contributed by atoms with Crippen molar-refractivity contribution in [2.24, 2.45) is 5.73 Å². The maximum atomic E-state index is 11.4. The lowest BCUT2D eigenvalue weighted by Crippen LogP contribution is -2.42. The number of carbonyl (C=O) groups is 3. The molecule has 1 heterocycles. The Labute approximate surface area is 116 Å². The highest BCUT2D eigenvalue weighted by Gasteiger charge is 2.21. The molecule has 0 aromatic carbocycles. The van der Waals surface area contributed by atoms with Gasteiger partial charge in [0.25, 0.3) is 0 Å². The average Bonchev–Trinajstić information content (AvgIpc) is 2.85. The number of nitrogens with two attached hydrogens (primary N) is 1. The Bertz CT molecular complexity index is 497. The molecule has 1 amide bonds. The Morgan fingerprint density at radius 3 is 2.75 bits per heavy atom. The van der Waals surface area contributed by atoms with Gasteiger partial charge >= 0.3 is 5.97 Å². The maximum absolute atomic E-state index is 11.4. The third kappa shape index (κ3) is 4.47. The van der Waals surface area contributed by atoms with E-state index in [2.05, 4.69) is 10.3 Å². The molecule has 0 spiro atoms. The van der Waals surface area contributed by atoms with Crippen molar-refractivity contribution in [1.29, 1.82) is 0 Å². The van der Waals surface area contributed by atoms with Gasteiger partial charge in [0, 0.05) is 32.0 Å². The minimum atomic E-state index is -1.16. The first-order chi connectivity index (χ1) is 9.47. The topological polar surface area (TPSA) is 127 Å². The molecule has 0 aliphatic carbocycles. The van der Waals surface area contributed by atoms with Gasteiger partial charge in [-0.15, -0.1) is 0 Å². The lowest BCUT2D eigenvalue weighted by Gasteiger charge is -2.12. The van der Waals surface area contributed by atoms with E-state index < -0.39 is 17.9 Å². The summed E-state index contributed by atoms with van der Waals surface area (Å²) in [5.74, 6) is -1.72. The predicted octanol–water partition coefficient (Wildman–Crippen LogP) is -0.606. The zero-order valence-electron chi connectivity index (χ0n) is 11.2. The van der Waals surface area contributed by atoms with Crippen molar-refractivity contribution in [2.45, 2.75) is 32.2 Å². The lowest BCUT2D eigenvalue weighted by molar-refractivity contribution is -0.141. The second-order valence-electron chi connectivity index (χ2n) is 4.22. The summed E-state index contributed by atoms with van der Waals surface area (Å²) in [6.07, 6.45) is 3.20. The molecule has 1 aromatic rings. The standard InChI is InChI=1S/C12H18N4O4/c1-2-11(18)16-6-8(14-7-16)5-9(12(19)20)15-10(17)3-4-13/h6-7,9H,2-5,13H2,1H3,(H,15,17)(H,19,20)/t9-/m0/s1. The van der Waals surface area contributed by atoms with Crippen LogP contribution < -0.4 is 11.1 Å². The van der Waals surface area contributed by atoms with E-state index in [-0.39, 0.29) is 25.3 Å². The van der Waals surface area contributed by atoms with Crippen molar-refractivity contribution in [2.75, 3.05) is 6.54 Å². The second kappa shape index (κ2) is 7.39. The van der Waals surface area contributed by atoms with E-state index in [1.54, 1.807) is 6.92 Å². The number of nitrogens with one attached hydrogen (secondary N) is 1. The summed E-state index contributed by atoms with van der Waals surface area (Å²) >= 11 is 0. The number of carboxylic acid groups (broad SMARTS) is 1. The normalized spacial score (nSPS) is 11.9. The van der Waals surface area contributed by atoms with Crippen LogP contribution in [0.4, 0.5) is 0 Å². The molecule has 0 unspecified atom stereocenters. The van der Waals surface area contributed by atoms with Gasteiger partial charge in [0.2, 0.25) is 11.8 Å². The number of hydrogen-bond acceptors (Lipinski definition) is 5. The first kappa shape index (κ1) is 15.8. The number of rotatable bonds is 7. The fourth-order valence-electron chi connectivity index (χ4n) is 1.59. The molecule has 0 aliphatic rings. The first-order valence-corrected chi connectivity index (χ1v) is 6.26. The minimum Gasteiger partial charge on any atom is -0.480 e. The van der Waals surface area contributed by atoms with Gasteiger partial charge < -0.3 is 16.2 Å². The van der Waals surface area contributed by atoms with Crippen LogP contribution in [0.5, 0.6) is 0 Å². The summed E-state index contributed by atoms with van der Waals surface area (Å²) in [4.78, 5) is 37.9. The molecular weight excluding hydrogens is 264 g/mol. The molecule has 110 valence electrons. The van der Waals surface area contributed by atoms with Crippen molar-refractivity contribution in [3.8, 4) is 0 Å². The highest BCUT2D eigenvalue weighted by Crippen LogP contribution is 2.03. The Morgan fingerprint density at radius 1 is 1.50 bits per heavy atom. The van der Waals surface area contributed by atoms with Crippen molar-refractivity contribution < 1.29 is 19.5 Å². The summed E-state index contributed by atoms with van der Waals surface area (Å²) < 4.78 is 1.30. The molecule has 8 nitrogen and oxygen atoms in total. The van der Waals surface area contributed by atoms with Gasteiger partial charge in [-0.05, 0) is 0 Å². The quantitative estimate of drug-likeness (QED) is 0.612. The molecule has 4 N–H and O–H groups in total. The Hall–Kier alpha value is -2.22. The summed E-state index contributed by atoms with van der Waals surface area (Å²) in [5.41, 5.74) is 5.65. The zero-order chi connectivity index (χ0) is 15.1. The molecule has 0 saturated heterocycles. The number of hydrogen-bond donors (Lipinski definition) is 3. The number of amides is 1. The summed E-state index contributed by atoms with van der Waals surface area (Å²) in [5, 5.41) is 11.4. The molecule has 8 heteroatoms. The fourth-order valence-corrected chi connectivity index (χ4v) is 1.59. The predicted molar refractivity (Wildman–Crippen MR) is 70.1 cm³/mol. The maximum Gasteiger partial charge on any atom is 0.326 e. The van der Waals surface area contributed by atoms with Gasteiger partial charge in [-0.3, -0.25) is 14.2 Å². The monoisotopic (exact) mass is 282 g/mol. The fraction of sp³-hybridized carbons (Fsp3) is 0.500. The van der Waals surface area contributed by atoms with Crippen LogP contribution in [0.25, 0.3) is 0 Å². The Balaban J connectivity index is 2.70. The Morgan fingerprint density at radius 2 is 2.20 bits per heavy atom. The molecule has 1 rings (SSSR count). The molecule has 1 aromatic heterocycles. The molecule has 0 saturated carbocycles. The summed E-state index contributed by atoms with van der Waals surface area (Å²) in [6.45, 7) is 1.87. The van der Waals surface area contributed by atoms with Crippen LogP contribution in [0.15, 0.2) is 12.5 Å². The van der Waals surface area contributed by atoms with Crippen molar-refractivity contribution >= 4 is 17.8 Å². The van der Waals surface area contributed by atoms with Crippen LogP contribution in [0.3, 0.4) is 0 Å². The average molecular weight is 282 g/mol. The number of aliphatic carboxylic acids is 1. The van der Waals surface area contributed by atoms with Gasteiger partial charge in [0.05, 0.1) is 5.69 Å². The van der Waals surface area contributed by atoms with E-state index in [4.69, 9.17) is 10.8 Å². The van der Waals surface area contributed by atoms with Crippen LogP contribution in [-0.2, 0) is 16.0 Å². The number of aromatic nitrogens is 2. The molecule has 0 radical (unpaired) electrons. The van der Waals surface area contributed by atoms with Crippen LogP contribution in [0, 0.1) is 0 Å². The molecular formula is C12H18N4O4. The van der Waals surface area contributed by atoms with Crippen molar-refractivity contribution in [1.82, 2.24) is 14.9 Å². The van der Waals surface area contributed by atoms with E-state index in [0.29, 0.717) is 12.1 Å². The largest absolute Gasteiger partial charge is 0.480 e. The van der Waals surface area contributed by atoms with Gasteiger partial charge in [-0.1, -0.05) is 6.92 Å². The van der Waals surface area contributed by atoms with E-state index in [1.165, 1.54) is 17.1 Å². The highest BCUT2D eigenvalue weighted by molar-refractivity contribution is 5.83. The molecule has 0 bridgehead atoms. The van der Waals surface area contributed by atoms with E-state index in [0.717, 1.165) is 0 Å². The van der Waals surface area contributed by atoms with Crippen LogP contribution in [0.1, 0.15) is 30.3 Å². The van der Waals surface area contributed by atoms with Crippen LogP contribution >= 0.6 is 0 Å². The molecule has 1 atom stereocenters. The summed E-state index contributed by atoms with van der Waals surface area (Å²) in [7, 11) is 0. The second-order valence-corrected chi connectivity index (χ2v) is 4.22. The zero-order valence-corrected chi connectivity index (χ0v) is 11.2.